The molecule has 0 aliphatic heterocycles. The number of hydrogen-bond acceptors (Lipinski definition) is 5. The highest BCUT2D eigenvalue weighted by Gasteiger charge is 2.30. The summed E-state index contributed by atoms with van der Waals surface area (Å²) in [5.74, 6) is -1.08. The second kappa shape index (κ2) is 8.07. The van der Waals surface area contributed by atoms with Crippen molar-refractivity contribution in [2.75, 3.05) is 11.9 Å². The second-order valence-electron chi connectivity index (χ2n) is 7.62. The molecular formula is C25H22N2O4. The van der Waals surface area contributed by atoms with Crippen LogP contribution in [-0.4, -0.2) is 29.4 Å². The monoisotopic (exact) mass is 414 g/mol. The number of oxime groups is 1. The second-order valence-corrected chi connectivity index (χ2v) is 7.62. The van der Waals surface area contributed by atoms with E-state index in [1.807, 2.05) is 63.2 Å². The van der Waals surface area contributed by atoms with Gasteiger partial charge in [0.2, 0.25) is 0 Å². The van der Waals surface area contributed by atoms with Gasteiger partial charge in [-0.15, -0.1) is 0 Å². The fourth-order valence-electron chi connectivity index (χ4n) is 4.13. The van der Waals surface area contributed by atoms with Gasteiger partial charge in [0.1, 0.15) is 5.71 Å². The SMILES string of the molecule is Cc1cc(C)c(NC(=O)COC(=O)c2cccc3c2/C(=N/O)c2ccccc2-3)c(C)c1. The Labute approximate surface area is 180 Å². The highest BCUT2D eigenvalue weighted by Crippen LogP contribution is 2.38. The fourth-order valence-corrected chi connectivity index (χ4v) is 4.13. The molecule has 156 valence electrons. The number of carbonyl (C=O) groups excluding carboxylic acids is 2. The van der Waals surface area contributed by atoms with E-state index >= 15 is 0 Å². The Hall–Kier alpha value is -3.93. The lowest BCUT2D eigenvalue weighted by Gasteiger charge is -2.13. The molecule has 0 atom stereocenters. The van der Waals surface area contributed by atoms with Crippen molar-refractivity contribution in [1.82, 2.24) is 0 Å². The van der Waals surface area contributed by atoms with Crippen molar-refractivity contribution in [1.29, 1.82) is 0 Å². The van der Waals surface area contributed by atoms with Crippen molar-refractivity contribution >= 4 is 23.3 Å². The van der Waals surface area contributed by atoms with Gasteiger partial charge in [0.25, 0.3) is 5.91 Å². The van der Waals surface area contributed by atoms with Gasteiger partial charge in [0.05, 0.1) is 5.56 Å². The number of carbonyl (C=O) groups is 2. The molecule has 6 nitrogen and oxygen atoms in total. The van der Waals surface area contributed by atoms with Crippen LogP contribution in [0.15, 0.2) is 59.8 Å². The molecule has 0 unspecified atom stereocenters. The first-order chi connectivity index (χ1) is 14.9. The van der Waals surface area contributed by atoms with Crippen LogP contribution in [0.2, 0.25) is 0 Å². The van der Waals surface area contributed by atoms with Crippen molar-refractivity contribution in [2.24, 2.45) is 5.16 Å². The van der Waals surface area contributed by atoms with E-state index in [9.17, 15) is 14.8 Å². The lowest BCUT2D eigenvalue weighted by atomic mass is 10.0. The normalized spacial score (nSPS) is 12.9. The first-order valence-corrected chi connectivity index (χ1v) is 9.90. The quantitative estimate of drug-likeness (QED) is 0.290. The molecule has 2 N–H and O–H groups in total. The van der Waals surface area contributed by atoms with E-state index in [1.165, 1.54) is 0 Å². The molecule has 0 bridgehead atoms. The van der Waals surface area contributed by atoms with Crippen LogP contribution in [0, 0.1) is 20.8 Å². The van der Waals surface area contributed by atoms with Crippen molar-refractivity contribution in [2.45, 2.75) is 20.8 Å². The Morgan fingerprint density at radius 3 is 2.26 bits per heavy atom. The largest absolute Gasteiger partial charge is 0.452 e. The molecule has 6 heteroatoms. The van der Waals surface area contributed by atoms with Crippen LogP contribution in [0.4, 0.5) is 5.69 Å². The molecule has 3 aromatic rings. The topological polar surface area (TPSA) is 88.0 Å². The van der Waals surface area contributed by atoms with Gasteiger partial charge in [-0.3, -0.25) is 4.79 Å². The molecule has 0 saturated carbocycles. The molecule has 1 aliphatic carbocycles. The van der Waals surface area contributed by atoms with Gasteiger partial charge in [-0.05, 0) is 49.1 Å². The average molecular weight is 414 g/mol. The molecule has 3 aromatic carbocycles. The summed E-state index contributed by atoms with van der Waals surface area (Å²) in [6.45, 7) is 5.41. The summed E-state index contributed by atoms with van der Waals surface area (Å²) < 4.78 is 5.29. The minimum Gasteiger partial charge on any atom is -0.452 e. The molecular weight excluding hydrogens is 392 g/mol. The Morgan fingerprint density at radius 1 is 0.935 bits per heavy atom. The van der Waals surface area contributed by atoms with E-state index in [4.69, 9.17) is 4.74 Å². The van der Waals surface area contributed by atoms with Crippen molar-refractivity contribution < 1.29 is 19.5 Å². The maximum absolute atomic E-state index is 12.8. The summed E-state index contributed by atoms with van der Waals surface area (Å²) in [4.78, 5) is 25.2. The summed E-state index contributed by atoms with van der Waals surface area (Å²) in [7, 11) is 0. The molecule has 31 heavy (non-hydrogen) atoms. The molecule has 0 spiro atoms. The van der Waals surface area contributed by atoms with Crippen molar-refractivity contribution in [3.8, 4) is 11.1 Å². The summed E-state index contributed by atoms with van der Waals surface area (Å²) in [5.41, 5.74) is 7.18. The molecule has 1 aliphatic rings. The number of hydrogen-bond donors (Lipinski definition) is 2. The molecule has 1 amide bonds. The van der Waals surface area contributed by atoms with Crippen LogP contribution >= 0.6 is 0 Å². The van der Waals surface area contributed by atoms with E-state index in [0.29, 0.717) is 11.3 Å². The molecule has 0 aromatic heterocycles. The van der Waals surface area contributed by atoms with Crippen LogP contribution in [0.1, 0.15) is 38.2 Å². The predicted molar refractivity (Wildman–Crippen MR) is 119 cm³/mol. The Balaban J connectivity index is 1.53. The number of rotatable bonds is 4. The lowest BCUT2D eigenvalue weighted by molar-refractivity contribution is -0.119. The van der Waals surface area contributed by atoms with Gasteiger partial charge >= 0.3 is 5.97 Å². The zero-order valence-electron chi connectivity index (χ0n) is 17.5. The summed E-state index contributed by atoms with van der Waals surface area (Å²) in [6.07, 6.45) is 0. The lowest BCUT2D eigenvalue weighted by Crippen LogP contribution is -2.22. The summed E-state index contributed by atoms with van der Waals surface area (Å²) in [5, 5.41) is 15.8. The average Bonchev–Trinajstić information content (AvgIpc) is 3.08. The third kappa shape index (κ3) is 3.68. The number of aryl methyl sites for hydroxylation is 3. The van der Waals surface area contributed by atoms with Crippen LogP contribution < -0.4 is 5.32 Å². The molecule has 0 fully saturated rings. The smallest absolute Gasteiger partial charge is 0.339 e. The third-order valence-electron chi connectivity index (χ3n) is 5.37. The van der Waals surface area contributed by atoms with Crippen molar-refractivity contribution in [3.63, 3.8) is 0 Å². The van der Waals surface area contributed by atoms with Gasteiger partial charge < -0.3 is 15.3 Å². The molecule has 0 heterocycles. The van der Waals surface area contributed by atoms with E-state index in [0.717, 1.165) is 39.1 Å². The molecule has 0 saturated heterocycles. The highest BCUT2D eigenvalue weighted by atomic mass is 16.5. The summed E-state index contributed by atoms with van der Waals surface area (Å²) >= 11 is 0. The van der Waals surface area contributed by atoms with Crippen molar-refractivity contribution in [3.05, 3.63) is 88.0 Å². The Bertz CT molecular complexity index is 1220. The summed E-state index contributed by atoms with van der Waals surface area (Å²) in [6, 6.07) is 16.6. The number of amides is 1. The number of nitrogens with one attached hydrogen (secondary N) is 1. The predicted octanol–water partition coefficient (Wildman–Crippen LogP) is 4.61. The molecule has 4 rings (SSSR count). The number of anilines is 1. The molecule has 0 radical (unpaired) electrons. The van der Waals surface area contributed by atoms with E-state index in [-0.39, 0.29) is 5.56 Å². The minimum absolute atomic E-state index is 0.247. The fraction of sp³-hybridized carbons (Fsp3) is 0.160. The maximum atomic E-state index is 12.8. The van der Waals surface area contributed by atoms with Crippen LogP contribution in [0.3, 0.4) is 0 Å². The number of benzene rings is 3. The number of nitrogens with zero attached hydrogens (tertiary/aromatic N) is 1. The van der Waals surface area contributed by atoms with Gasteiger partial charge in [-0.2, -0.15) is 0 Å². The standard InChI is InChI=1S/C25H22N2O4/c1-14-11-15(2)23(16(3)12-14)26-21(28)13-31-25(29)20-10-6-9-18-17-7-4-5-8-19(17)24(27-30)22(18)20/h4-12,30H,13H2,1-3H3,(H,26,28)/b27-24+. The third-order valence-corrected chi connectivity index (χ3v) is 5.37. The van der Waals surface area contributed by atoms with Crippen LogP contribution in [0.5, 0.6) is 0 Å². The Kier molecular flexibility index (Phi) is 5.29. The van der Waals surface area contributed by atoms with Crippen LogP contribution in [0.25, 0.3) is 11.1 Å². The van der Waals surface area contributed by atoms with Crippen LogP contribution in [-0.2, 0) is 9.53 Å². The van der Waals surface area contributed by atoms with Gasteiger partial charge in [-0.25, -0.2) is 4.79 Å². The van der Waals surface area contributed by atoms with E-state index < -0.39 is 18.5 Å². The number of esters is 1. The van der Waals surface area contributed by atoms with Gasteiger partial charge in [0.15, 0.2) is 6.61 Å². The first-order valence-electron chi connectivity index (χ1n) is 9.90. The minimum atomic E-state index is -0.654. The zero-order chi connectivity index (χ0) is 22.1. The van der Waals surface area contributed by atoms with E-state index in [1.54, 1.807) is 12.1 Å². The maximum Gasteiger partial charge on any atom is 0.339 e. The Morgan fingerprint density at radius 2 is 1.58 bits per heavy atom. The first kappa shape index (κ1) is 20.3. The highest BCUT2D eigenvalue weighted by molar-refractivity contribution is 6.27. The van der Waals surface area contributed by atoms with Gasteiger partial charge in [-0.1, -0.05) is 59.3 Å². The number of fused-ring (bicyclic) bond motifs is 3. The number of ether oxygens (including phenoxy) is 1. The van der Waals surface area contributed by atoms with E-state index in [2.05, 4.69) is 10.5 Å². The zero-order valence-corrected chi connectivity index (χ0v) is 17.5. The van der Waals surface area contributed by atoms with Gasteiger partial charge in [0, 0.05) is 16.8 Å².